The number of hydrogen-bond donors (Lipinski definition) is 1. The van der Waals surface area contributed by atoms with Crippen LogP contribution in [-0.4, -0.2) is 10.9 Å². The van der Waals surface area contributed by atoms with Crippen molar-refractivity contribution in [1.82, 2.24) is 4.98 Å². The molecule has 1 aromatic heterocycles. The molecule has 0 aliphatic carbocycles. The van der Waals surface area contributed by atoms with Crippen LogP contribution in [0.2, 0.25) is 0 Å². The maximum atomic E-state index is 12.3. The second-order valence-electron chi connectivity index (χ2n) is 2.54. The van der Waals surface area contributed by atoms with Gasteiger partial charge in [-0.2, -0.15) is 0 Å². The van der Waals surface area contributed by atoms with E-state index in [4.69, 9.17) is 5.73 Å². The Hall–Kier alpha value is -1.52. The summed E-state index contributed by atoms with van der Waals surface area (Å²) >= 11 is 0. The van der Waals surface area contributed by atoms with Crippen LogP contribution in [0.15, 0.2) is 12.3 Å². The first-order valence-electron chi connectivity index (χ1n) is 3.57. The van der Waals surface area contributed by atoms with E-state index in [1.807, 2.05) is 0 Å². The summed E-state index contributed by atoms with van der Waals surface area (Å²) in [7, 11) is 0. The van der Waals surface area contributed by atoms with E-state index in [0.29, 0.717) is 0 Å². The van der Waals surface area contributed by atoms with Crippen LogP contribution < -0.4 is 5.73 Å². The highest BCUT2D eigenvalue weighted by molar-refractivity contribution is 5.92. The third-order valence-corrected chi connectivity index (χ3v) is 1.71. The molecule has 3 nitrogen and oxygen atoms in total. The standard InChI is InChI=1S/C8H8F2N2O/c1-4-5(7(9)10)2-3-12-6(4)8(11)13/h2-3,7H,1H3,(H2,11,13). The number of carbonyl (C=O) groups is 1. The molecule has 2 N–H and O–H groups in total. The number of carbonyl (C=O) groups excluding carboxylic acids is 1. The third-order valence-electron chi connectivity index (χ3n) is 1.71. The fourth-order valence-corrected chi connectivity index (χ4v) is 1.04. The molecule has 1 rings (SSSR count). The van der Waals surface area contributed by atoms with E-state index in [1.165, 1.54) is 13.0 Å². The van der Waals surface area contributed by atoms with Gasteiger partial charge in [0.2, 0.25) is 0 Å². The minimum atomic E-state index is -2.61. The zero-order chi connectivity index (χ0) is 10.0. The Balaban J connectivity index is 3.26. The molecule has 0 aliphatic rings. The van der Waals surface area contributed by atoms with Crippen molar-refractivity contribution in [2.45, 2.75) is 13.3 Å². The van der Waals surface area contributed by atoms with Crippen molar-refractivity contribution in [2.24, 2.45) is 5.73 Å². The molecule has 0 aliphatic heterocycles. The highest BCUT2D eigenvalue weighted by atomic mass is 19.3. The van der Waals surface area contributed by atoms with Gasteiger partial charge in [0.05, 0.1) is 0 Å². The highest BCUT2D eigenvalue weighted by Gasteiger charge is 2.15. The second kappa shape index (κ2) is 3.47. The van der Waals surface area contributed by atoms with E-state index in [0.717, 1.165) is 6.20 Å². The number of nitrogens with two attached hydrogens (primary N) is 1. The molecular formula is C8H8F2N2O. The van der Waals surface area contributed by atoms with Crippen molar-refractivity contribution >= 4 is 5.91 Å². The molecule has 1 aromatic rings. The minimum absolute atomic E-state index is 0.0993. The van der Waals surface area contributed by atoms with Gasteiger partial charge < -0.3 is 5.73 Å². The monoisotopic (exact) mass is 186 g/mol. The van der Waals surface area contributed by atoms with Gasteiger partial charge >= 0.3 is 0 Å². The molecule has 13 heavy (non-hydrogen) atoms. The Morgan fingerprint density at radius 1 is 1.62 bits per heavy atom. The number of rotatable bonds is 2. The summed E-state index contributed by atoms with van der Waals surface area (Å²) in [6.07, 6.45) is -1.46. The van der Waals surface area contributed by atoms with Crippen molar-refractivity contribution in [1.29, 1.82) is 0 Å². The smallest absolute Gasteiger partial charge is 0.267 e. The van der Waals surface area contributed by atoms with Crippen LogP contribution in [0.3, 0.4) is 0 Å². The van der Waals surface area contributed by atoms with Crippen LogP contribution in [0.1, 0.15) is 28.0 Å². The van der Waals surface area contributed by atoms with Gasteiger partial charge in [-0.25, -0.2) is 8.78 Å². The SMILES string of the molecule is Cc1c(C(F)F)ccnc1C(N)=O. The van der Waals surface area contributed by atoms with Crippen LogP contribution in [0.25, 0.3) is 0 Å². The van der Waals surface area contributed by atoms with Gasteiger partial charge in [0.15, 0.2) is 0 Å². The predicted octanol–water partition coefficient (Wildman–Crippen LogP) is 1.43. The molecular weight excluding hydrogens is 178 g/mol. The lowest BCUT2D eigenvalue weighted by atomic mass is 10.1. The van der Waals surface area contributed by atoms with E-state index in [1.54, 1.807) is 0 Å². The minimum Gasteiger partial charge on any atom is -0.364 e. The van der Waals surface area contributed by atoms with Gasteiger partial charge in [-0.3, -0.25) is 9.78 Å². The van der Waals surface area contributed by atoms with Gasteiger partial charge in [-0.15, -0.1) is 0 Å². The lowest BCUT2D eigenvalue weighted by molar-refractivity contribution is 0.0994. The zero-order valence-electron chi connectivity index (χ0n) is 6.92. The molecule has 70 valence electrons. The number of amides is 1. The molecule has 0 saturated heterocycles. The van der Waals surface area contributed by atoms with Crippen molar-refractivity contribution in [3.05, 3.63) is 29.1 Å². The topological polar surface area (TPSA) is 56.0 Å². The fourth-order valence-electron chi connectivity index (χ4n) is 1.04. The van der Waals surface area contributed by atoms with E-state index in [-0.39, 0.29) is 16.8 Å². The Kier molecular flexibility index (Phi) is 2.55. The molecule has 5 heteroatoms. The molecule has 0 fully saturated rings. The zero-order valence-corrected chi connectivity index (χ0v) is 6.92. The Bertz CT molecular complexity index is 339. The number of alkyl halides is 2. The Morgan fingerprint density at radius 3 is 2.69 bits per heavy atom. The van der Waals surface area contributed by atoms with Crippen LogP contribution in [0.5, 0.6) is 0 Å². The first kappa shape index (κ1) is 9.57. The molecule has 1 amide bonds. The van der Waals surface area contributed by atoms with E-state index in [2.05, 4.69) is 4.98 Å². The summed E-state index contributed by atoms with van der Waals surface area (Å²) in [5.74, 6) is -0.792. The van der Waals surface area contributed by atoms with E-state index >= 15 is 0 Å². The summed E-state index contributed by atoms with van der Waals surface area (Å²) in [6, 6.07) is 1.17. The summed E-state index contributed by atoms with van der Waals surface area (Å²) in [5, 5.41) is 0. The lowest BCUT2D eigenvalue weighted by Crippen LogP contribution is -2.15. The Labute approximate surface area is 73.6 Å². The van der Waals surface area contributed by atoms with Crippen molar-refractivity contribution in [2.75, 3.05) is 0 Å². The largest absolute Gasteiger partial charge is 0.364 e. The summed E-state index contributed by atoms with van der Waals surface area (Å²) < 4.78 is 24.6. The van der Waals surface area contributed by atoms with Crippen LogP contribution in [0.4, 0.5) is 8.78 Å². The molecule has 0 aromatic carbocycles. The maximum Gasteiger partial charge on any atom is 0.267 e. The van der Waals surface area contributed by atoms with Gasteiger partial charge in [-0.05, 0) is 18.6 Å². The first-order chi connectivity index (χ1) is 6.04. The number of primary amides is 1. The molecule has 0 unspecified atom stereocenters. The van der Waals surface area contributed by atoms with E-state index < -0.39 is 12.3 Å². The highest BCUT2D eigenvalue weighted by Crippen LogP contribution is 2.22. The Morgan fingerprint density at radius 2 is 2.23 bits per heavy atom. The second-order valence-corrected chi connectivity index (χ2v) is 2.54. The number of pyridine rings is 1. The van der Waals surface area contributed by atoms with Gasteiger partial charge in [-0.1, -0.05) is 0 Å². The van der Waals surface area contributed by atoms with E-state index in [9.17, 15) is 13.6 Å². The fraction of sp³-hybridized carbons (Fsp3) is 0.250. The molecule has 0 atom stereocenters. The number of nitrogens with zero attached hydrogens (tertiary/aromatic N) is 1. The molecule has 0 spiro atoms. The number of halogens is 2. The molecule has 0 bridgehead atoms. The third kappa shape index (κ3) is 1.80. The average molecular weight is 186 g/mol. The van der Waals surface area contributed by atoms with Crippen LogP contribution in [-0.2, 0) is 0 Å². The number of hydrogen-bond acceptors (Lipinski definition) is 2. The quantitative estimate of drug-likeness (QED) is 0.759. The van der Waals surface area contributed by atoms with Gasteiger partial charge in [0.1, 0.15) is 5.69 Å². The molecule has 1 heterocycles. The predicted molar refractivity (Wildman–Crippen MR) is 42.4 cm³/mol. The first-order valence-corrected chi connectivity index (χ1v) is 3.57. The van der Waals surface area contributed by atoms with Crippen molar-refractivity contribution in [3.8, 4) is 0 Å². The van der Waals surface area contributed by atoms with Gasteiger partial charge in [0.25, 0.3) is 12.3 Å². The van der Waals surface area contributed by atoms with Gasteiger partial charge in [0, 0.05) is 11.8 Å². The average Bonchev–Trinajstić information content (AvgIpc) is 2.03. The lowest BCUT2D eigenvalue weighted by Gasteiger charge is -2.06. The van der Waals surface area contributed by atoms with Crippen molar-refractivity contribution in [3.63, 3.8) is 0 Å². The maximum absolute atomic E-state index is 12.3. The summed E-state index contributed by atoms with van der Waals surface area (Å²) in [5.41, 5.74) is 4.78. The summed E-state index contributed by atoms with van der Waals surface area (Å²) in [6.45, 7) is 1.40. The normalized spacial score (nSPS) is 10.5. The molecule has 0 saturated carbocycles. The van der Waals surface area contributed by atoms with Crippen LogP contribution in [0, 0.1) is 6.92 Å². The van der Waals surface area contributed by atoms with Crippen molar-refractivity contribution < 1.29 is 13.6 Å². The summed E-state index contributed by atoms with van der Waals surface area (Å²) in [4.78, 5) is 14.3. The van der Waals surface area contributed by atoms with Crippen LogP contribution >= 0.6 is 0 Å². The molecule has 0 radical (unpaired) electrons. The number of aromatic nitrogens is 1.